The molecule has 0 amide bonds. The molecule has 152 valence electrons. The van der Waals surface area contributed by atoms with Crippen molar-refractivity contribution >= 4 is 38.1 Å². The van der Waals surface area contributed by atoms with E-state index in [9.17, 15) is 12.8 Å². The maximum absolute atomic E-state index is 14.1. The van der Waals surface area contributed by atoms with E-state index in [4.69, 9.17) is 18.0 Å². The van der Waals surface area contributed by atoms with Crippen molar-refractivity contribution in [1.29, 1.82) is 0 Å². The minimum atomic E-state index is -3.18. The van der Waals surface area contributed by atoms with E-state index >= 15 is 0 Å². The second-order valence-corrected chi connectivity index (χ2v) is 9.87. The normalized spacial score (nSPS) is 16.3. The van der Waals surface area contributed by atoms with E-state index < -0.39 is 10.0 Å². The third-order valence-electron chi connectivity index (χ3n) is 5.54. The second-order valence-electron chi connectivity index (χ2n) is 7.45. The minimum Gasteiger partial charge on any atom is -0.389 e. The summed E-state index contributed by atoms with van der Waals surface area (Å²) in [5.41, 5.74) is 9.29. The lowest BCUT2D eigenvalue weighted by Crippen LogP contribution is -2.38. The number of nitrogens with zero attached hydrogens (tertiary/aromatic N) is 2. The predicted molar refractivity (Wildman–Crippen MR) is 118 cm³/mol. The van der Waals surface area contributed by atoms with Gasteiger partial charge in [0.25, 0.3) is 0 Å². The topological polar surface area (TPSA) is 68.3 Å². The van der Waals surface area contributed by atoms with E-state index in [1.54, 1.807) is 12.1 Å². The van der Waals surface area contributed by atoms with Crippen LogP contribution in [0.1, 0.15) is 24.4 Å². The van der Waals surface area contributed by atoms with E-state index in [2.05, 4.69) is 4.57 Å². The first kappa shape index (κ1) is 20.0. The van der Waals surface area contributed by atoms with Crippen LogP contribution in [0, 0.1) is 5.82 Å². The minimum absolute atomic E-state index is 0.147. The van der Waals surface area contributed by atoms with Gasteiger partial charge in [-0.2, -0.15) is 0 Å². The molecule has 4 rings (SSSR count). The third kappa shape index (κ3) is 3.92. The van der Waals surface area contributed by atoms with E-state index in [-0.39, 0.29) is 11.9 Å². The SMILES string of the molecule is CS(=O)(=O)N1CCC(n2cc(-c3cccc(C(N)=S)c3)c3cc(F)ccc32)CC1. The number of piperidine rings is 1. The Labute approximate surface area is 175 Å². The molecule has 0 aliphatic carbocycles. The lowest BCUT2D eigenvalue weighted by atomic mass is 10.0. The lowest BCUT2D eigenvalue weighted by Gasteiger charge is -2.31. The Hall–Kier alpha value is -2.29. The molecule has 8 heteroatoms. The molecule has 0 bridgehead atoms. The molecule has 1 aliphatic rings. The third-order valence-corrected chi connectivity index (χ3v) is 7.08. The molecule has 1 aliphatic heterocycles. The molecule has 1 aromatic heterocycles. The van der Waals surface area contributed by atoms with E-state index in [1.165, 1.54) is 16.6 Å². The van der Waals surface area contributed by atoms with Gasteiger partial charge in [-0.05, 0) is 42.7 Å². The molecule has 0 saturated carbocycles. The number of sulfonamides is 1. The summed E-state index contributed by atoms with van der Waals surface area (Å²) in [6.45, 7) is 0.966. The van der Waals surface area contributed by atoms with Crippen LogP contribution < -0.4 is 5.73 Å². The number of benzene rings is 2. The van der Waals surface area contributed by atoms with Crippen molar-refractivity contribution < 1.29 is 12.8 Å². The molecule has 1 saturated heterocycles. The van der Waals surface area contributed by atoms with Crippen LogP contribution in [0.3, 0.4) is 0 Å². The zero-order valence-electron chi connectivity index (χ0n) is 16.0. The number of hydrogen-bond acceptors (Lipinski definition) is 3. The summed E-state index contributed by atoms with van der Waals surface area (Å²) >= 11 is 5.10. The molecule has 0 atom stereocenters. The molecule has 0 unspecified atom stereocenters. The first-order valence-corrected chi connectivity index (χ1v) is 11.6. The van der Waals surface area contributed by atoms with Gasteiger partial charge < -0.3 is 10.3 Å². The van der Waals surface area contributed by atoms with E-state index in [1.807, 2.05) is 30.5 Å². The summed E-state index contributed by atoms with van der Waals surface area (Å²) in [6.07, 6.45) is 4.69. The maximum atomic E-state index is 14.1. The van der Waals surface area contributed by atoms with Gasteiger partial charge in [0.2, 0.25) is 10.0 Å². The summed E-state index contributed by atoms with van der Waals surface area (Å²) in [5.74, 6) is -0.297. The lowest BCUT2D eigenvalue weighted by molar-refractivity contribution is 0.279. The number of fused-ring (bicyclic) bond motifs is 1. The molecular formula is C21H22FN3O2S2. The Morgan fingerprint density at radius 1 is 1.17 bits per heavy atom. The van der Waals surface area contributed by atoms with Crippen molar-refractivity contribution in [3.05, 3.63) is 60.0 Å². The molecular weight excluding hydrogens is 409 g/mol. The van der Waals surface area contributed by atoms with Gasteiger partial charge in [0.1, 0.15) is 10.8 Å². The van der Waals surface area contributed by atoms with E-state index in [0.717, 1.165) is 27.6 Å². The monoisotopic (exact) mass is 431 g/mol. The Morgan fingerprint density at radius 2 is 1.90 bits per heavy atom. The molecule has 1 fully saturated rings. The van der Waals surface area contributed by atoms with Gasteiger partial charge in [-0.1, -0.05) is 30.4 Å². The number of aromatic nitrogens is 1. The van der Waals surface area contributed by atoms with Crippen molar-refractivity contribution in [3.63, 3.8) is 0 Å². The highest BCUT2D eigenvalue weighted by atomic mass is 32.2. The van der Waals surface area contributed by atoms with E-state index in [0.29, 0.717) is 30.9 Å². The Morgan fingerprint density at radius 3 is 2.55 bits per heavy atom. The number of hydrogen-bond donors (Lipinski definition) is 1. The fourth-order valence-corrected chi connectivity index (χ4v) is 5.05. The van der Waals surface area contributed by atoms with Crippen molar-refractivity contribution in [2.24, 2.45) is 5.73 Å². The van der Waals surface area contributed by atoms with Gasteiger partial charge in [0.05, 0.1) is 6.26 Å². The average molecular weight is 432 g/mol. The molecule has 5 nitrogen and oxygen atoms in total. The molecule has 29 heavy (non-hydrogen) atoms. The smallest absolute Gasteiger partial charge is 0.211 e. The fourth-order valence-electron chi connectivity index (χ4n) is 4.05. The zero-order chi connectivity index (χ0) is 20.8. The second kappa shape index (κ2) is 7.51. The van der Waals surface area contributed by atoms with Crippen LogP contribution in [0.4, 0.5) is 4.39 Å². The van der Waals surface area contributed by atoms with Crippen molar-refractivity contribution in [2.45, 2.75) is 18.9 Å². The van der Waals surface area contributed by atoms with Gasteiger partial charge >= 0.3 is 0 Å². The number of halogens is 1. The van der Waals surface area contributed by atoms with Gasteiger partial charge in [-0.15, -0.1) is 0 Å². The first-order valence-electron chi connectivity index (χ1n) is 9.39. The highest BCUT2D eigenvalue weighted by Gasteiger charge is 2.27. The number of nitrogens with two attached hydrogens (primary N) is 1. The van der Waals surface area contributed by atoms with Crippen LogP contribution >= 0.6 is 12.2 Å². The molecule has 2 N–H and O–H groups in total. The Bertz CT molecular complexity index is 1200. The average Bonchev–Trinajstić information content (AvgIpc) is 3.06. The largest absolute Gasteiger partial charge is 0.389 e. The van der Waals surface area contributed by atoms with Crippen LogP contribution in [-0.2, 0) is 10.0 Å². The highest BCUT2D eigenvalue weighted by Crippen LogP contribution is 2.36. The predicted octanol–water partition coefficient (Wildman–Crippen LogP) is 3.68. The number of rotatable bonds is 4. The standard InChI is InChI=1S/C21H22FN3O2S2/c1-29(26,27)24-9-7-17(8-10-24)25-13-19(18-12-16(22)5-6-20(18)25)14-3-2-4-15(11-14)21(23)28/h2-6,11-13,17H,7-10H2,1H3,(H2,23,28). The summed E-state index contributed by atoms with van der Waals surface area (Å²) in [5, 5.41) is 0.815. The number of thiocarbonyl (C=S) groups is 1. The quantitative estimate of drug-likeness (QED) is 0.640. The molecule has 3 aromatic rings. The fraction of sp³-hybridized carbons (Fsp3) is 0.286. The van der Waals surface area contributed by atoms with Gasteiger partial charge in [0, 0.05) is 47.4 Å². The summed E-state index contributed by atoms with van der Waals surface area (Å²) in [6, 6.07) is 12.5. The maximum Gasteiger partial charge on any atom is 0.211 e. The molecule has 0 radical (unpaired) electrons. The Balaban J connectivity index is 1.77. The van der Waals surface area contributed by atoms with Crippen LogP contribution in [0.5, 0.6) is 0 Å². The molecule has 0 spiro atoms. The van der Waals surface area contributed by atoms with Gasteiger partial charge in [-0.3, -0.25) is 0 Å². The van der Waals surface area contributed by atoms with Crippen molar-refractivity contribution in [1.82, 2.24) is 8.87 Å². The van der Waals surface area contributed by atoms with Crippen molar-refractivity contribution in [2.75, 3.05) is 19.3 Å². The molecule has 2 aromatic carbocycles. The summed E-state index contributed by atoms with van der Waals surface area (Å²) in [7, 11) is -3.18. The Kier molecular flexibility index (Phi) is 5.18. The molecule has 2 heterocycles. The van der Waals surface area contributed by atoms with Crippen LogP contribution in [0.2, 0.25) is 0 Å². The van der Waals surface area contributed by atoms with Gasteiger partial charge in [0.15, 0.2) is 0 Å². The van der Waals surface area contributed by atoms with Gasteiger partial charge in [-0.25, -0.2) is 17.1 Å². The van der Waals surface area contributed by atoms with Crippen LogP contribution in [0.15, 0.2) is 48.7 Å². The summed E-state index contributed by atoms with van der Waals surface area (Å²) in [4.78, 5) is 0.315. The van der Waals surface area contributed by atoms with Crippen LogP contribution in [-0.4, -0.2) is 41.6 Å². The van der Waals surface area contributed by atoms with Crippen LogP contribution in [0.25, 0.3) is 22.0 Å². The zero-order valence-corrected chi connectivity index (χ0v) is 17.6. The highest BCUT2D eigenvalue weighted by molar-refractivity contribution is 7.88. The van der Waals surface area contributed by atoms with Crippen molar-refractivity contribution in [3.8, 4) is 11.1 Å². The summed E-state index contributed by atoms with van der Waals surface area (Å²) < 4.78 is 41.3. The first-order chi connectivity index (χ1) is 13.7.